The molecule has 0 saturated heterocycles. The van der Waals surface area contributed by atoms with Gasteiger partial charge in [0, 0.05) is 12.8 Å². The molecule has 64 heavy (non-hydrogen) atoms. The Labute approximate surface area is 399 Å². The van der Waals surface area contributed by atoms with Gasteiger partial charge in [0.25, 0.3) is 0 Å². The van der Waals surface area contributed by atoms with Crippen LogP contribution in [-0.2, 0) is 14.3 Å². The first-order valence-electron chi connectivity index (χ1n) is 28.9. The monoisotopic (exact) mass is 904 g/mol. The zero-order valence-corrected chi connectivity index (χ0v) is 43.3. The SMILES string of the molecule is CCCCCCCCCCCCCCCCCCCCCCC(O)C(CO)NC(=O)CCC/C=C\CCCCCCOC(=O)CCCCCCCCCCCCCCCCCCCC. The summed E-state index contributed by atoms with van der Waals surface area (Å²) in [6.45, 7) is 4.89. The molecule has 380 valence electrons. The molecule has 0 heterocycles. The molecule has 6 heteroatoms. The summed E-state index contributed by atoms with van der Waals surface area (Å²) in [6.07, 6.45) is 63.5. The molecule has 0 aliphatic carbocycles. The minimum absolute atomic E-state index is 0.0302. The number of allylic oxidation sites excluding steroid dienone is 2. The van der Waals surface area contributed by atoms with E-state index in [4.69, 9.17) is 4.74 Å². The summed E-state index contributed by atoms with van der Waals surface area (Å²) in [6, 6.07) is -0.578. The number of aliphatic hydroxyl groups excluding tert-OH is 2. The minimum Gasteiger partial charge on any atom is -0.466 e. The molecule has 0 fully saturated rings. The zero-order chi connectivity index (χ0) is 46.5. The van der Waals surface area contributed by atoms with Crippen molar-refractivity contribution in [3.05, 3.63) is 12.2 Å². The molecule has 0 aromatic heterocycles. The first-order chi connectivity index (χ1) is 31.5. The van der Waals surface area contributed by atoms with Crippen LogP contribution in [0.2, 0.25) is 0 Å². The Bertz CT molecular complexity index is 955. The largest absolute Gasteiger partial charge is 0.466 e. The Kier molecular flexibility index (Phi) is 53.0. The molecule has 0 aromatic rings. The van der Waals surface area contributed by atoms with Crippen molar-refractivity contribution < 1.29 is 24.5 Å². The van der Waals surface area contributed by atoms with Gasteiger partial charge in [0.15, 0.2) is 0 Å². The highest BCUT2D eigenvalue weighted by Gasteiger charge is 2.20. The molecule has 0 radical (unpaired) electrons. The Balaban J connectivity index is 3.49. The molecule has 0 aliphatic heterocycles. The van der Waals surface area contributed by atoms with E-state index in [1.165, 1.54) is 218 Å². The van der Waals surface area contributed by atoms with Crippen molar-refractivity contribution in [3.8, 4) is 0 Å². The fourth-order valence-corrected chi connectivity index (χ4v) is 9.12. The van der Waals surface area contributed by atoms with E-state index in [1.54, 1.807) is 0 Å². The number of carbonyl (C=O) groups is 2. The van der Waals surface area contributed by atoms with E-state index in [2.05, 4.69) is 31.3 Å². The molecule has 3 N–H and O–H groups in total. The Morgan fingerprint density at radius 1 is 0.422 bits per heavy atom. The number of carbonyl (C=O) groups excluding carboxylic acids is 2. The van der Waals surface area contributed by atoms with Crippen molar-refractivity contribution in [3.63, 3.8) is 0 Å². The lowest BCUT2D eigenvalue weighted by atomic mass is 10.0. The summed E-state index contributed by atoms with van der Waals surface area (Å²) < 4.78 is 5.46. The molecule has 1 amide bonds. The van der Waals surface area contributed by atoms with E-state index in [0.29, 0.717) is 25.9 Å². The second kappa shape index (κ2) is 54.2. The van der Waals surface area contributed by atoms with E-state index in [1.807, 2.05) is 0 Å². The van der Waals surface area contributed by atoms with Crippen LogP contribution in [0.3, 0.4) is 0 Å². The maximum atomic E-state index is 12.5. The zero-order valence-electron chi connectivity index (χ0n) is 43.3. The number of nitrogens with one attached hydrogen (secondary N) is 1. The van der Waals surface area contributed by atoms with E-state index in [9.17, 15) is 19.8 Å². The standard InChI is InChI=1S/C58H113NO5/c1-3-5-7-9-11-13-15-17-19-21-23-24-25-27-29-31-34-38-42-46-50-56(61)55(54-60)59-57(62)51-47-43-39-35-33-37-41-45-49-53-64-58(63)52-48-44-40-36-32-30-28-26-22-20-18-16-14-12-10-8-6-4-2/h35,39,55-56,60-61H,3-34,36-38,40-54H2,1-2H3,(H,59,62)/b39-35-. The Morgan fingerprint density at radius 2 is 0.750 bits per heavy atom. The van der Waals surface area contributed by atoms with Gasteiger partial charge in [0.1, 0.15) is 0 Å². The second-order valence-corrected chi connectivity index (χ2v) is 20.0. The van der Waals surface area contributed by atoms with Crippen LogP contribution in [0.25, 0.3) is 0 Å². The summed E-state index contributed by atoms with van der Waals surface area (Å²) >= 11 is 0. The number of ether oxygens (including phenoxy) is 1. The van der Waals surface area contributed by atoms with Gasteiger partial charge in [-0.1, -0.05) is 276 Å². The summed E-state index contributed by atoms with van der Waals surface area (Å²) in [4.78, 5) is 24.6. The van der Waals surface area contributed by atoms with Gasteiger partial charge in [-0.15, -0.1) is 0 Å². The van der Waals surface area contributed by atoms with Crippen molar-refractivity contribution in [2.24, 2.45) is 0 Å². The summed E-state index contributed by atoms with van der Waals surface area (Å²) in [5, 5.41) is 23.3. The Morgan fingerprint density at radius 3 is 1.14 bits per heavy atom. The summed E-state index contributed by atoms with van der Waals surface area (Å²) in [5.74, 6) is -0.122. The number of unbranched alkanes of at least 4 members (excludes halogenated alkanes) is 41. The van der Waals surface area contributed by atoms with Crippen LogP contribution in [-0.4, -0.2) is 47.4 Å². The van der Waals surface area contributed by atoms with E-state index < -0.39 is 12.1 Å². The second-order valence-electron chi connectivity index (χ2n) is 20.0. The molecule has 0 aliphatic rings. The highest BCUT2D eigenvalue weighted by molar-refractivity contribution is 5.76. The Hall–Kier alpha value is -1.40. The molecule has 2 atom stereocenters. The van der Waals surface area contributed by atoms with E-state index >= 15 is 0 Å². The van der Waals surface area contributed by atoms with Gasteiger partial charge < -0.3 is 20.3 Å². The van der Waals surface area contributed by atoms with Gasteiger partial charge >= 0.3 is 5.97 Å². The first-order valence-corrected chi connectivity index (χ1v) is 28.9. The normalized spacial score (nSPS) is 12.6. The molecule has 0 aromatic carbocycles. The summed E-state index contributed by atoms with van der Waals surface area (Å²) in [7, 11) is 0. The third kappa shape index (κ3) is 50.0. The van der Waals surface area contributed by atoms with Crippen LogP contribution < -0.4 is 5.32 Å². The fraction of sp³-hybridized carbons (Fsp3) is 0.931. The lowest BCUT2D eigenvalue weighted by molar-refractivity contribution is -0.143. The van der Waals surface area contributed by atoms with Gasteiger partial charge in [0.05, 0.1) is 25.4 Å². The van der Waals surface area contributed by atoms with Crippen molar-refractivity contribution in [2.75, 3.05) is 13.2 Å². The van der Waals surface area contributed by atoms with Crippen molar-refractivity contribution in [1.29, 1.82) is 0 Å². The maximum absolute atomic E-state index is 12.5. The van der Waals surface area contributed by atoms with Crippen LogP contribution in [0, 0.1) is 0 Å². The number of rotatable bonds is 54. The number of amides is 1. The highest BCUT2D eigenvalue weighted by atomic mass is 16.5. The fourth-order valence-electron chi connectivity index (χ4n) is 9.12. The number of hydrogen-bond acceptors (Lipinski definition) is 5. The van der Waals surface area contributed by atoms with Gasteiger partial charge in [-0.05, 0) is 44.9 Å². The molecular formula is C58H113NO5. The third-order valence-corrected chi connectivity index (χ3v) is 13.6. The van der Waals surface area contributed by atoms with Crippen molar-refractivity contribution >= 4 is 11.9 Å². The number of esters is 1. The molecule has 0 spiro atoms. The first kappa shape index (κ1) is 62.6. The van der Waals surface area contributed by atoms with Gasteiger partial charge in [0.2, 0.25) is 5.91 Å². The van der Waals surface area contributed by atoms with Crippen molar-refractivity contribution in [2.45, 2.75) is 334 Å². The number of aliphatic hydroxyl groups is 2. The lowest BCUT2D eigenvalue weighted by Crippen LogP contribution is -2.45. The molecule has 2 unspecified atom stereocenters. The van der Waals surface area contributed by atoms with Crippen LogP contribution in [0.15, 0.2) is 12.2 Å². The average Bonchev–Trinajstić information content (AvgIpc) is 3.29. The van der Waals surface area contributed by atoms with Crippen LogP contribution in [0.4, 0.5) is 0 Å². The smallest absolute Gasteiger partial charge is 0.305 e. The quantitative estimate of drug-likeness (QED) is 0.0321. The molecule has 0 saturated carbocycles. The lowest BCUT2D eigenvalue weighted by Gasteiger charge is -2.22. The molecular weight excluding hydrogens is 791 g/mol. The van der Waals surface area contributed by atoms with E-state index in [0.717, 1.165) is 70.6 Å². The maximum Gasteiger partial charge on any atom is 0.305 e. The van der Waals surface area contributed by atoms with Gasteiger partial charge in [-0.2, -0.15) is 0 Å². The number of hydrogen-bond donors (Lipinski definition) is 3. The van der Waals surface area contributed by atoms with E-state index in [-0.39, 0.29) is 18.5 Å². The topological polar surface area (TPSA) is 95.9 Å². The predicted octanol–water partition coefficient (Wildman–Crippen LogP) is 17.7. The highest BCUT2D eigenvalue weighted by Crippen LogP contribution is 2.18. The minimum atomic E-state index is -0.695. The van der Waals surface area contributed by atoms with Gasteiger partial charge in [-0.25, -0.2) is 0 Å². The summed E-state index contributed by atoms with van der Waals surface area (Å²) in [5.41, 5.74) is 0. The van der Waals surface area contributed by atoms with Crippen LogP contribution in [0.5, 0.6) is 0 Å². The molecule has 6 nitrogen and oxygen atoms in total. The van der Waals surface area contributed by atoms with Crippen LogP contribution in [0.1, 0.15) is 322 Å². The molecule has 0 bridgehead atoms. The van der Waals surface area contributed by atoms with Crippen LogP contribution >= 0.6 is 0 Å². The van der Waals surface area contributed by atoms with Crippen molar-refractivity contribution in [1.82, 2.24) is 5.32 Å². The molecule has 0 rings (SSSR count). The average molecular weight is 905 g/mol. The van der Waals surface area contributed by atoms with Gasteiger partial charge in [-0.3, -0.25) is 9.59 Å². The predicted molar refractivity (Wildman–Crippen MR) is 278 cm³/mol. The third-order valence-electron chi connectivity index (χ3n) is 13.6.